The van der Waals surface area contributed by atoms with Crippen molar-refractivity contribution in [3.05, 3.63) is 42.5 Å². The Morgan fingerprint density at radius 2 is 1.96 bits per heavy atom. The standard InChI is InChI=1S/C21H26N4O3/c1-21(2,3)28-20(27)25-11-5-8-18(25)19(26)24-12-9-15-16(6-4-7-17(15)24)23-13-10-22-14-23/h4,6-7,10,13-14,18H,5,8-9,11-12H2,1-3H3. The minimum atomic E-state index is -0.576. The van der Waals surface area contributed by atoms with Crippen molar-refractivity contribution in [1.82, 2.24) is 14.5 Å². The summed E-state index contributed by atoms with van der Waals surface area (Å²) < 4.78 is 7.48. The third kappa shape index (κ3) is 3.37. The molecule has 0 spiro atoms. The van der Waals surface area contributed by atoms with Crippen molar-refractivity contribution in [2.75, 3.05) is 18.0 Å². The summed E-state index contributed by atoms with van der Waals surface area (Å²) in [6, 6.07) is 5.52. The highest BCUT2D eigenvalue weighted by atomic mass is 16.6. The SMILES string of the molecule is CC(C)(C)OC(=O)N1CCCC1C(=O)N1CCc2c1cccc2-n1ccnc1. The van der Waals surface area contributed by atoms with E-state index < -0.39 is 17.7 Å². The minimum absolute atomic E-state index is 0.0232. The van der Waals surface area contributed by atoms with Crippen LogP contribution in [0.2, 0.25) is 0 Å². The first-order valence-corrected chi connectivity index (χ1v) is 9.76. The van der Waals surface area contributed by atoms with E-state index in [1.807, 2.05) is 54.6 Å². The summed E-state index contributed by atoms with van der Waals surface area (Å²) in [7, 11) is 0. The smallest absolute Gasteiger partial charge is 0.410 e. The molecule has 2 amide bonds. The van der Waals surface area contributed by atoms with Gasteiger partial charge in [-0.2, -0.15) is 0 Å². The van der Waals surface area contributed by atoms with E-state index in [0.29, 0.717) is 19.5 Å². The summed E-state index contributed by atoms with van der Waals surface area (Å²) in [5.41, 5.74) is 2.52. The van der Waals surface area contributed by atoms with Crippen LogP contribution >= 0.6 is 0 Å². The molecule has 0 aliphatic carbocycles. The molecule has 0 N–H and O–H groups in total. The molecule has 7 heteroatoms. The van der Waals surface area contributed by atoms with E-state index in [2.05, 4.69) is 4.98 Å². The fraction of sp³-hybridized carbons (Fsp3) is 0.476. The zero-order chi connectivity index (χ0) is 19.9. The molecule has 7 nitrogen and oxygen atoms in total. The Bertz CT molecular complexity index is 886. The first-order valence-electron chi connectivity index (χ1n) is 9.76. The highest BCUT2D eigenvalue weighted by Crippen LogP contribution is 2.34. The molecule has 1 aromatic carbocycles. The van der Waals surface area contributed by atoms with E-state index >= 15 is 0 Å². The molecular weight excluding hydrogens is 356 g/mol. The fourth-order valence-corrected chi connectivity index (χ4v) is 4.03. The van der Waals surface area contributed by atoms with E-state index in [9.17, 15) is 9.59 Å². The van der Waals surface area contributed by atoms with Crippen LogP contribution in [0.3, 0.4) is 0 Å². The lowest BCUT2D eigenvalue weighted by atomic mass is 10.1. The summed E-state index contributed by atoms with van der Waals surface area (Å²) in [6.45, 7) is 6.70. The van der Waals surface area contributed by atoms with Crippen molar-refractivity contribution in [2.45, 2.75) is 51.7 Å². The van der Waals surface area contributed by atoms with Crippen LogP contribution in [0.4, 0.5) is 10.5 Å². The summed E-state index contributed by atoms with van der Waals surface area (Å²) >= 11 is 0. The Morgan fingerprint density at radius 1 is 1.18 bits per heavy atom. The maximum Gasteiger partial charge on any atom is 0.410 e. The maximum atomic E-state index is 13.3. The van der Waals surface area contributed by atoms with E-state index in [-0.39, 0.29) is 5.91 Å². The average Bonchev–Trinajstić information content (AvgIpc) is 3.38. The lowest BCUT2D eigenvalue weighted by Gasteiger charge is -2.30. The lowest BCUT2D eigenvalue weighted by Crippen LogP contribution is -2.48. The first-order chi connectivity index (χ1) is 13.3. The second-order valence-corrected chi connectivity index (χ2v) is 8.32. The highest BCUT2D eigenvalue weighted by Gasteiger charge is 2.40. The predicted molar refractivity (Wildman–Crippen MR) is 106 cm³/mol. The van der Waals surface area contributed by atoms with Gasteiger partial charge in [0, 0.05) is 36.7 Å². The van der Waals surface area contributed by atoms with Gasteiger partial charge in [-0.3, -0.25) is 9.69 Å². The molecule has 0 radical (unpaired) electrons. The summed E-state index contributed by atoms with van der Waals surface area (Å²) in [5.74, 6) is -0.0232. The summed E-state index contributed by atoms with van der Waals surface area (Å²) in [4.78, 5) is 33.4. The van der Waals surface area contributed by atoms with Crippen molar-refractivity contribution >= 4 is 17.7 Å². The molecular formula is C21H26N4O3. The molecule has 1 aromatic heterocycles. The topological polar surface area (TPSA) is 67.7 Å². The molecule has 28 heavy (non-hydrogen) atoms. The molecule has 3 heterocycles. The van der Waals surface area contributed by atoms with Gasteiger partial charge >= 0.3 is 6.09 Å². The summed E-state index contributed by atoms with van der Waals surface area (Å²) in [6.07, 6.45) is 7.28. The zero-order valence-electron chi connectivity index (χ0n) is 16.6. The Balaban J connectivity index is 1.57. The van der Waals surface area contributed by atoms with Crippen molar-refractivity contribution < 1.29 is 14.3 Å². The predicted octanol–water partition coefficient (Wildman–Crippen LogP) is 3.16. The molecule has 2 aliphatic heterocycles. The third-order valence-corrected chi connectivity index (χ3v) is 5.22. The maximum absolute atomic E-state index is 13.3. The van der Waals surface area contributed by atoms with Gasteiger partial charge in [0.15, 0.2) is 0 Å². The van der Waals surface area contributed by atoms with Crippen LogP contribution in [-0.4, -0.2) is 51.2 Å². The van der Waals surface area contributed by atoms with Gasteiger partial charge in [-0.05, 0) is 52.2 Å². The molecule has 4 rings (SSSR count). The number of ether oxygens (including phenoxy) is 1. The number of anilines is 1. The number of carbonyl (C=O) groups excluding carboxylic acids is 2. The highest BCUT2D eigenvalue weighted by molar-refractivity contribution is 6.01. The fourth-order valence-electron chi connectivity index (χ4n) is 4.03. The van der Waals surface area contributed by atoms with Gasteiger partial charge in [0.1, 0.15) is 11.6 Å². The van der Waals surface area contributed by atoms with E-state index in [0.717, 1.165) is 29.8 Å². The molecule has 1 atom stereocenters. The molecule has 2 aliphatic rings. The van der Waals surface area contributed by atoms with Gasteiger partial charge < -0.3 is 14.2 Å². The largest absolute Gasteiger partial charge is 0.444 e. The van der Waals surface area contributed by atoms with Gasteiger partial charge in [-0.25, -0.2) is 9.78 Å². The van der Waals surface area contributed by atoms with Gasteiger partial charge in [0.05, 0.1) is 12.0 Å². The Labute approximate surface area is 164 Å². The van der Waals surface area contributed by atoms with Crippen LogP contribution < -0.4 is 4.90 Å². The van der Waals surface area contributed by atoms with E-state index in [4.69, 9.17) is 4.74 Å². The van der Waals surface area contributed by atoms with E-state index in [1.54, 1.807) is 17.4 Å². The van der Waals surface area contributed by atoms with Crippen LogP contribution in [-0.2, 0) is 16.0 Å². The van der Waals surface area contributed by atoms with Gasteiger partial charge in [-0.15, -0.1) is 0 Å². The first kappa shape index (κ1) is 18.5. The molecule has 0 bridgehead atoms. The number of hydrogen-bond acceptors (Lipinski definition) is 4. The lowest BCUT2D eigenvalue weighted by molar-refractivity contribution is -0.122. The second-order valence-electron chi connectivity index (χ2n) is 8.32. The van der Waals surface area contributed by atoms with Crippen molar-refractivity contribution in [2.24, 2.45) is 0 Å². The van der Waals surface area contributed by atoms with Crippen LogP contribution in [0.1, 0.15) is 39.2 Å². The number of aromatic nitrogens is 2. The molecule has 1 saturated heterocycles. The third-order valence-electron chi connectivity index (χ3n) is 5.22. The van der Waals surface area contributed by atoms with Gasteiger partial charge in [0.2, 0.25) is 5.91 Å². The average molecular weight is 382 g/mol. The number of nitrogens with zero attached hydrogens (tertiary/aromatic N) is 4. The molecule has 0 saturated carbocycles. The van der Waals surface area contributed by atoms with Crippen molar-refractivity contribution in [3.8, 4) is 5.69 Å². The van der Waals surface area contributed by atoms with Crippen molar-refractivity contribution in [3.63, 3.8) is 0 Å². The van der Waals surface area contributed by atoms with Crippen LogP contribution in [0.15, 0.2) is 36.9 Å². The Morgan fingerprint density at radius 3 is 2.68 bits per heavy atom. The van der Waals surface area contributed by atoms with Gasteiger partial charge in [-0.1, -0.05) is 6.07 Å². The van der Waals surface area contributed by atoms with E-state index in [1.165, 1.54) is 0 Å². The van der Waals surface area contributed by atoms with Crippen LogP contribution in [0.25, 0.3) is 5.69 Å². The molecule has 2 aromatic rings. The number of likely N-dealkylation sites (tertiary alicyclic amines) is 1. The number of benzene rings is 1. The van der Waals surface area contributed by atoms with Crippen LogP contribution in [0.5, 0.6) is 0 Å². The summed E-state index contributed by atoms with van der Waals surface area (Å²) in [5, 5.41) is 0. The van der Waals surface area contributed by atoms with Crippen molar-refractivity contribution in [1.29, 1.82) is 0 Å². The normalized spacial score (nSPS) is 19.0. The number of carbonyl (C=O) groups is 2. The number of amides is 2. The second kappa shape index (κ2) is 6.96. The number of fused-ring (bicyclic) bond motifs is 1. The van der Waals surface area contributed by atoms with Crippen LogP contribution in [0, 0.1) is 0 Å². The Kier molecular flexibility index (Phi) is 4.61. The quantitative estimate of drug-likeness (QED) is 0.800. The zero-order valence-corrected chi connectivity index (χ0v) is 16.6. The number of rotatable bonds is 2. The molecule has 148 valence electrons. The minimum Gasteiger partial charge on any atom is -0.444 e. The number of hydrogen-bond donors (Lipinski definition) is 0. The monoisotopic (exact) mass is 382 g/mol. The molecule has 1 fully saturated rings. The molecule has 1 unspecified atom stereocenters. The number of imidazole rings is 1. The van der Waals surface area contributed by atoms with Gasteiger partial charge in [0.25, 0.3) is 0 Å². The Hall–Kier alpha value is -2.83.